The fourth-order valence-corrected chi connectivity index (χ4v) is 2.74. The molecule has 1 aromatic carbocycles. The summed E-state index contributed by atoms with van der Waals surface area (Å²) in [5.41, 5.74) is 0.862. The summed E-state index contributed by atoms with van der Waals surface area (Å²) < 4.78 is 5.71. The summed E-state index contributed by atoms with van der Waals surface area (Å²) in [5.74, 6) is 0.529. The van der Waals surface area contributed by atoms with E-state index >= 15 is 0 Å². The number of benzene rings is 1. The van der Waals surface area contributed by atoms with Gasteiger partial charge in [-0.2, -0.15) is 0 Å². The molecule has 116 valence electrons. The number of carbonyl (C=O) groups excluding carboxylic acids is 2. The molecule has 1 atom stereocenters. The zero-order valence-electron chi connectivity index (χ0n) is 12.7. The fraction of sp³-hybridized carbons (Fsp3) is 0.294. The number of nitrogens with zero attached hydrogens (tertiary/aromatic N) is 1. The summed E-state index contributed by atoms with van der Waals surface area (Å²) in [5, 5.41) is -0.257. The molecule has 2 amide bonds. The minimum atomic E-state index is -0.269. The predicted molar refractivity (Wildman–Crippen MR) is 89.7 cm³/mol. The maximum Gasteiger partial charge on any atom is 0.293 e. The third-order valence-electron chi connectivity index (χ3n) is 3.28. The molecule has 0 N–H and O–H groups in total. The van der Waals surface area contributed by atoms with Crippen molar-refractivity contribution < 1.29 is 14.3 Å². The highest BCUT2D eigenvalue weighted by atomic mass is 32.2. The first kappa shape index (κ1) is 16.4. The van der Waals surface area contributed by atoms with Crippen LogP contribution in [0.2, 0.25) is 0 Å². The van der Waals surface area contributed by atoms with E-state index in [1.807, 2.05) is 31.2 Å². The van der Waals surface area contributed by atoms with E-state index < -0.39 is 0 Å². The molecule has 0 spiro atoms. The molecule has 22 heavy (non-hydrogen) atoms. The first-order chi connectivity index (χ1) is 10.5. The summed E-state index contributed by atoms with van der Waals surface area (Å²) in [6, 6.07) is 7.48. The molecule has 1 aliphatic heterocycles. The second kappa shape index (κ2) is 7.31. The van der Waals surface area contributed by atoms with Gasteiger partial charge in [0.1, 0.15) is 5.75 Å². The van der Waals surface area contributed by atoms with Gasteiger partial charge in [-0.05, 0) is 48.9 Å². The SMILES string of the molecule is C=CCN1C(=O)S/C(=C/c2ccc(O[C@@H](C)CC)cc2)C1=O. The Morgan fingerprint density at radius 1 is 1.32 bits per heavy atom. The molecule has 0 aromatic heterocycles. The van der Waals surface area contributed by atoms with Gasteiger partial charge in [-0.25, -0.2) is 0 Å². The molecule has 1 fully saturated rings. The van der Waals surface area contributed by atoms with Crippen LogP contribution in [0.4, 0.5) is 4.79 Å². The van der Waals surface area contributed by atoms with Crippen molar-refractivity contribution in [1.82, 2.24) is 4.90 Å². The Morgan fingerprint density at radius 2 is 2.00 bits per heavy atom. The Balaban J connectivity index is 2.11. The Labute approximate surface area is 134 Å². The van der Waals surface area contributed by atoms with Gasteiger partial charge in [0.2, 0.25) is 0 Å². The Kier molecular flexibility index (Phi) is 5.44. The van der Waals surface area contributed by atoms with Crippen LogP contribution in [0.15, 0.2) is 41.8 Å². The molecule has 2 rings (SSSR count). The number of hydrogen-bond acceptors (Lipinski definition) is 4. The van der Waals surface area contributed by atoms with Crippen LogP contribution in [0.25, 0.3) is 6.08 Å². The van der Waals surface area contributed by atoms with Gasteiger partial charge < -0.3 is 4.74 Å². The quantitative estimate of drug-likeness (QED) is 0.586. The highest BCUT2D eigenvalue weighted by molar-refractivity contribution is 8.18. The third-order valence-corrected chi connectivity index (χ3v) is 4.18. The van der Waals surface area contributed by atoms with Crippen LogP contribution in [0, 0.1) is 0 Å². The third kappa shape index (κ3) is 3.80. The van der Waals surface area contributed by atoms with E-state index in [-0.39, 0.29) is 23.8 Å². The molecule has 4 nitrogen and oxygen atoms in total. The van der Waals surface area contributed by atoms with Crippen LogP contribution >= 0.6 is 11.8 Å². The highest BCUT2D eigenvalue weighted by Gasteiger charge is 2.33. The first-order valence-electron chi connectivity index (χ1n) is 7.18. The maximum atomic E-state index is 12.1. The molecule has 1 heterocycles. The average Bonchev–Trinajstić information content (AvgIpc) is 2.77. The molecule has 1 aromatic rings. The normalized spacial score (nSPS) is 17.9. The van der Waals surface area contributed by atoms with Crippen LogP contribution in [0.1, 0.15) is 25.8 Å². The average molecular weight is 317 g/mol. The number of thioether (sulfide) groups is 1. The number of hydrogen-bond donors (Lipinski definition) is 0. The van der Waals surface area contributed by atoms with Crippen molar-refractivity contribution in [3.8, 4) is 5.75 Å². The molecule has 1 saturated heterocycles. The molecule has 0 radical (unpaired) electrons. The lowest BCUT2D eigenvalue weighted by molar-refractivity contribution is -0.122. The largest absolute Gasteiger partial charge is 0.491 e. The zero-order valence-corrected chi connectivity index (χ0v) is 13.6. The smallest absolute Gasteiger partial charge is 0.293 e. The first-order valence-corrected chi connectivity index (χ1v) is 7.99. The molecule has 0 aliphatic carbocycles. The Hall–Kier alpha value is -2.01. The fourth-order valence-electron chi connectivity index (χ4n) is 1.90. The monoisotopic (exact) mass is 317 g/mol. The van der Waals surface area contributed by atoms with Crippen molar-refractivity contribution in [2.75, 3.05) is 6.54 Å². The van der Waals surface area contributed by atoms with Gasteiger partial charge in [0.25, 0.3) is 11.1 Å². The van der Waals surface area contributed by atoms with E-state index in [2.05, 4.69) is 13.5 Å². The van der Waals surface area contributed by atoms with Crippen LogP contribution in [-0.2, 0) is 4.79 Å². The number of imide groups is 1. The number of rotatable bonds is 6. The van der Waals surface area contributed by atoms with Crippen molar-refractivity contribution in [3.63, 3.8) is 0 Å². The van der Waals surface area contributed by atoms with Gasteiger partial charge in [0.15, 0.2) is 0 Å². The molecule has 1 aliphatic rings. The summed E-state index contributed by atoms with van der Waals surface area (Å²) in [6.45, 7) is 7.88. The van der Waals surface area contributed by atoms with Crippen molar-refractivity contribution in [2.45, 2.75) is 26.4 Å². The minimum Gasteiger partial charge on any atom is -0.491 e. The van der Waals surface area contributed by atoms with Crippen LogP contribution in [0.3, 0.4) is 0 Å². The Morgan fingerprint density at radius 3 is 2.59 bits per heavy atom. The van der Waals surface area contributed by atoms with Gasteiger partial charge >= 0.3 is 0 Å². The van der Waals surface area contributed by atoms with Gasteiger partial charge in [0.05, 0.1) is 11.0 Å². The summed E-state index contributed by atoms with van der Waals surface area (Å²) in [7, 11) is 0. The standard InChI is InChI=1S/C17H19NO3S/c1-4-10-18-16(19)15(22-17(18)20)11-13-6-8-14(9-7-13)21-12(3)5-2/h4,6-9,11-12H,1,5,10H2,2-3H3/b15-11+/t12-/m0/s1. The van der Waals surface area contributed by atoms with Gasteiger partial charge in [-0.1, -0.05) is 25.1 Å². The van der Waals surface area contributed by atoms with Crippen molar-refractivity contribution in [2.24, 2.45) is 0 Å². The van der Waals surface area contributed by atoms with E-state index in [1.54, 1.807) is 12.2 Å². The number of amides is 2. The van der Waals surface area contributed by atoms with E-state index in [0.29, 0.717) is 4.91 Å². The number of carbonyl (C=O) groups is 2. The topological polar surface area (TPSA) is 46.6 Å². The lowest BCUT2D eigenvalue weighted by atomic mass is 10.2. The molecule has 5 heteroatoms. The highest BCUT2D eigenvalue weighted by Crippen LogP contribution is 2.32. The van der Waals surface area contributed by atoms with Crippen LogP contribution in [-0.4, -0.2) is 28.7 Å². The van der Waals surface area contributed by atoms with E-state index in [1.165, 1.54) is 4.90 Å². The Bertz CT molecular complexity index is 607. The maximum absolute atomic E-state index is 12.1. The predicted octanol–water partition coefficient (Wildman–Crippen LogP) is 4.09. The van der Waals surface area contributed by atoms with Gasteiger partial charge in [-0.3, -0.25) is 14.5 Å². The lowest BCUT2D eigenvalue weighted by Gasteiger charge is -2.12. The molecule has 0 unspecified atom stereocenters. The second-order valence-corrected chi connectivity index (χ2v) is 5.98. The minimum absolute atomic E-state index is 0.168. The summed E-state index contributed by atoms with van der Waals surface area (Å²) in [4.78, 5) is 25.5. The lowest BCUT2D eigenvalue weighted by Crippen LogP contribution is -2.27. The van der Waals surface area contributed by atoms with Crippen molar-refractivity contribution in [1.29, 1.82) is 0 Å². The van der Waals surface area contributed by atoms with E-state index in [0.717, 1.165) is 29.5 Å². The van der Waals surface area contributed by atoms with Gasteiger partial charge in [-0.15, -0.1) is 6.58 Å². The molecular formula is C17H19NO3S. The molecular weight excluding hydrogens is 298 g/mol. The molecule has 0 saturated carbocycles. The van der Waals surface area contributed by atoms with Crippen molar-refractivity contribution >= 4 is 29.0 Å². The van der Waals surface area contributed by atoms with E-state index in [9.17, 15) is 9.59 Å². The van der Waals surface area contributed by atoms with Crippen molar-refractivity contribution in [3.05, 3.63) is 47.4 Å². The molecule has 0 bridgehead atoms. The van der Waals surface area contributed by atoms with Crippen LogP contribution in [0.5, 0.6) is 5.75 Å². The zero-order chi connectivity index (χ0) is 16.1. The summed E-state index contributed by atoms with van der Waals surface area (Å²) >= 11 is 0.955. The summed E-state index contributed by atoms with van der Waals surface area (Å²) in [6.07, 6.45) is 4.38. The van der Waals surface area contributed by atoms with Crippen LogP contribution < -0.4 is 4.74 Å². The number of ether oxygens (including phenoxy) is 1. The van der Waals surface area contributed by atoms with Gasteiger partial charge in [0, 0.05) is 6.54 Å². The second-order valence-electron chi connectivity index (χ2n) is 4.99. The van der Waals surface area contributed by atoms with E-state index in [4.69, 9.17) is 4.74 Å².